The number of nitrogens with one attached hydrogen (secondary N) is 1. The van der Waals surface area contributed by atoms with Gasteiger partial charge in [-0.1, -0.05) is 0 Å². The van der Waals surface area contributed by atoms with Crippen LogP contribution in [0.1, 0.15) is 12.6 Å². The first-order valence-electron chi connectivity index (χ1n) is 6.80. The fourth-order valence-corrected chi connectivity index (χ4v) is 2.29. The van der Waals surface area contributed by atoms with Crippen molar-refractivity contribution >= 4 is 17.5 Å². The fraction of sp³-hybridized carbons (Fsp3) is 0.667. The lowest BCUT2D eigenvalue weighted by atomic mass is 10.2. The number of nitro groups is 1. The van der Waals surface area contributed by atoms with Gasteiger partial charge in [0, 0.05) is 13.1 Å². The van der Waals surface area contributed by atoms with Crippen LogP contribution in [0.25, 0.3) is 0 Å². The Kier molecular flexibility index (Phi) is 4.86. The summed E-state index contributed by atoms with van der Waals surface area (Å²) < 4.78 is 5.30. The van der Waals surface area contributed by atoms with E-state index in [-0.39, 0.29) is 24.2 Å². The van der Waals surface area contributed by atoms with Crippen LogP contribution < -0.4 is 10.2 Å². The van der Waals surface area contributed by atoms with Gasteiger partial charge in [0.25, 0.3) is 0 Å². The van der Waals surface area contributed by atoms with Gasteiger partial charge in [-0.15, -0.1) is 0 Å². The van der Waals surface area contributed by atoms with Gasteiger partial charge in [-0.25, -0.2) is 4.98 Å². The Morgan fingerprint density at radius 2 is 2.33 bits per heavy atom. The van der Waals surface area contributed by atoms with Crippen molar-refractivity contribution in [2.75, 3.05) is 43.1 Å². The molecule has 1 aromatic heterocycles. The number of ether oxygens (including phenoxy) is 1. The zero-order chi connectivity index (χ0) is 15.4. The number of anilines is 2. The second kappa shape index (κ2) is 6.64. The summed E-state index contributed by atoms with van der Waals surface area (Å²) in [6.07, 6.45) is 0. The molecule has 0 radical (unpaired) electrons. The number of nitrogens with zero attached hydrogens (tertiary/aromatic N) is 4. The Morgan fingerprint density at radius 1 is 1.57 bits per heavy atom. The number of aromatic nitrogens is 2. The van der Waals surface area contributed by atoms with Crippen molar-refractivity contribution in [1.29, 1.82) is 0 Å². The minimum Gasteiger partial charge on any atom is -0.394 e. The molecule has 0 spiro atoms. The van der Waals surface area contributed by atoms with Crippen LogP contribution in [0.3, 0.4) is 0 Å². The maximum atomic E-state index is 11.3. The van der Waals surface area contributed by atoms with Gasteiger partial charge in [0.1, 0.15) is 5.69 Å². The first kappa shape index (κ1) is 15.4. The molecule has 0 saturated carbocycles. The first-order chi connectivity index (χ1) is 10.1. The standard InChI is InChI=1S/C12H19N5O4/c1-3-13-12-14-8(2)10(17(19)20)11(15-12)16-4-5-21-7-9(16)6-18/h9,18H,3-7H2,1-2H3,(H,13,14,15). The average Bonchev–Trinajstić information content (AvgIpc) is 2.46. The van der Waals surface area contributed by atoms with Crippen LogP contribution in [0, 0.1) is 17.0 Å². The van der Waals surface area contributed by atoms with Gasteiger partial charge in [0.15, 0.2) is 0 Å². The van der Waals surface area contributed by atoms with Crippen LogP contribution in [-0.2, 0) is 4.74 Å². The van der Waals surface area contributed by atoms with Gasteiger partial charge in [-0.2, -0.15) is 4.98 Å². The van der Waals surface area contributed by atoms with E-state index >= 15 is 0 Å². The average molecular weight is 297 g/mol. The molecule has 9 heteroatoms. The third kappa shape index (κ3) is 3.19. The first-order valence-corrected chi connectivity index (χ1v) is 6.80. The zero-order valence-corrected chi connectivity index (χ0v) is 12.1. The lowest BCUT2D eigenvalue weighted by Crippen LogP contribution is -2.48. The second-order valence-electron chi connectivity index (χ2n) is 4.70. The number of hydrogen-bond acceptors (Lipinski definition) is 8. The number of hydrogen-bond donors (Lipinski definition) is 2. The van der Waals surface area contributed by atoms with E-state index in [1.165, 1.54) is 0 Å². The van der Waals surface area contributed by atoms with E-state index in [0.29, 0.717) is 37.9 Å². The number of aliphatic hydroxyl groups is 1. The summed E-state index contributed by atoms with van der Waals surface area (Å²) in [5.74, 6) is 0.574. The van der Waals surface area contributed by atoms with Crippen molar-refractivity contribution < 1.29 is 14.8 Å². The molecule has 2 heterocycles. The molecule has 2 rings (SSSR count). The summed E-state index contributed by atoms with van der Waals surface area (Å²) in [6.45, 7) is 5.12. The molecule has 1 aromatic rings. The van der Waals surface area contributed by atoms with E-state index in [1.807, 2.05) is 6.92 Å². The largest absolute Gasteiger partial charge is 0.394 e. The lowest BCUT2D eigenvalue weighted by molar-refractivity contribution is -0.385. The molecule has 1 aliphatic rings. The van der Waals surface area contributed by atoms with Crippen molar-refractivity contribution in [1.82, 2.24) is 9.97 Å². The summed E-state index contributed by atoms with van der Waals surface area (Å²) in [5, 5.41) is 23.7. The van der Waals surface area contributed by atoms with Crippen molar-refractivity contribution in [2.45, 2.75) is 19.9 Å². The maximum Gasteiger partial charge on any atom is 0.332 e. The second-order valence-corrected chi connectivity index (χ2v) is 4.70. The van der Waals surface area contributed by atoms with Crippen LogP contribution in [0.15, 0.2) is 0 Å². The van der Waals surface area contributed by atoms with E-state index in [0.717, 1.165) is 0 Å². The highest BCUT2D eigenvalue weighted by atomic mass is 16.6. The Hall–Kier alpha value is -2.00. The van der Waals surface area contributed by atoms with E-state index in [4.69, 9.17) is 4.74 Å². The van der Waals surface area contributed by atoms with Crippen molar-refractivity contribution in [3.05, 3.63) is 15.8 Å². The van der Waals surface area contributed by atoms with E-state index in [9.17, 15) is 15.2 Å². The highest BCUT2D eigenvalue weighted by molar-refractivity contribution is 5.63. The molecule has 1 fully saturated rings. The fourth-order valence-electron chi connectivity index (χ4n) is 2.29. The molecule has 116 valence electrons. The summed E-state index contributed by atoms with van der Waals surface area (Å²) in [5.41, 5.74) is 0.168. The predicted octanol–water partition coefficient (Wildman–Crippen LogP) is 0.323. The highest BCUT2D eigenvalue weighted by Gasteiger charge is 2.32. The number of aliphatic hydroxyl groups excluding tert-OH is 1. The van der Waals surface area contributed by atoms with Crippen LogP contribution >= 0.6 is 0 Å². The molecule has 2 N–H and O–H groups in total. The van der Waals surface area contributed by atoms with E-state index < -0.39 is 4.92 Å². The number of morpholine rings is 1. The highest BCUT2D eigenvalue weighted by Crippen LogP contribution is 2.31. The molecule has 9 nitrogen and oxygen atoms in total. The smallest absolute Gasteiger partial charge is 0.332 e. The molecule has 21 heavy (non-hydrogen) atoms. The topological polar surface area (TPSA) is 114 Å². The van der Waals surface area contributed by atoms with Gasteiger partial charge in [-0.05, 0) is 13.8 Å². The third-order valence-corrected chi connectivity index (χ3v) is 3.27. The Balaban J connectivity index is 2.49. The lowest BCUT2D eigenvalue weighted by Gasteiger charge is -2.35. The molecule has 1 saturated heterocycles. The molecular weight excluding hydrogens is 278 g/mol. The Morgan fingerprint density at radius 3 is 2.95 bits per heavy atom. The quantitative estimate of drug-likeness (QED) is 0.590. The molecule has 1 aliphatic heterocycles. The van der Waals surface area contributed by atoms with E-state index in [1.54, 1.807) is 11.8 Å². The monoisotopic (exact) mass is 297 g/mol. The normalized spacial score (nSPS) is 18.6. The van der Waals surface area contributed by atoms with Crippen LogP contribution in [0.4, 0.5) is 17.5 Å². The molecule has 1 unspecified atom stereocenters. The van der Waals surface area contributed by atoms with Gasteiger partial charge in [0.2, 0.25) is 11.8 Å². The SMILES string of the molecule is CCNc1nc(C)c([N+](=O)[O-])c(N2CCOCC2CO)n1. The molecule has 1 atom stereocenters. The summed E-state index contributed by atoms with van der Waals surface area (Å²) in [7, 11) is 0. The van der Waals surface area contributed by atoms with Crippen molar-refractivity contribution in [3.63, 3.8) is 0 Å². The van der Waals surface area contributed by atoms with Crippen molar-refractivity contribution in [3.8, 4) is 0 Å². The molecule has 0 aliphatic carbocycles. The maximum absolute atomic E-state index is 11.3. The molecule has 0 amide bonds. The Labute approximate surface area is 122 Å². The van der Waals surface area contributed by atoms with Crippen LogP contribution in [0.2, 0.25) is 0 Å². The zero-order valence-electron chi connectivity index (χ0n) is 12.1. The van der Waals surface area contributed by atoms with Gasteiger partial charge in [0.05, 0.1) is 30.8 Å². The van der Waals surface area contributed by atoms with Crippen molar-refractivity contribution in [2.24, 2.45) is 0 Å². The van der Waals surface area contributed by atoms with Gasteiger partial charge < -0.3 is 20.1 Å². The van der Waals surface area contributed by atoms with Crippen LogP contribution in [-0.4, -0.2) is 58.9 Å². The molecule has 0 bridgehead atoms. The minimum absolute atomic E-state index is 0.128. The molecule has 0 aromatic carbocycles. The summed E-state index contributed by atoms with van der Waals surface area (Å²) >= 11 is 0. The summed E-state index contributed by atoms with van der Waals surface area (Å²) in [4.78, 5) is 20.9. The third-order valence-electron chi connectivity index (χ3n) is 3.27. The van der Waals surface area contributed by atoms with Crippen LogP contribution in [0.5, 0.6) is 0 Å². The van der Waals surface area contributed by atoms with Gasteiger partial charge in [-0.3, -0.25) is 10.1 Å². The summed E-state index contributed by atoms with van der Waals surface area (Å²) in [6, 6.07) is -0.346. The minimum atomic E-state index is -0.482. The number of aryl methyl sites for hydroxylation is 1. The number of rotatable bonds is 5. The van der Waals surface area contributed by atoms with E-state index in [2.05, 4.69) is 15.3 Å². The van der Waals surface area contributed by atoms with Gasteiger partial charge >= 0.3 is 5.69 Å². The predicted molar refractivity (Wildman–Crippen MR) is 76.6 cm³/mol. The molecular formula is C12H19N5O4. The Bertz CT molecular complexity index is 525.